The maximum atomic E-state index is 9.39. The first-order valence-electron chi connectivity index (χ1n) is 5.14. The number of benzene rings is 1. The molecule has 5 heteroatoms. The third-order valence-corrected chi connectivity index (χ3v) is 2.60. The molecular weight excluding hydrogens is 216 g/mol. The lowest BCUT2D eigenvalue weighted by Crippen LogP contribution is -1.91. The monoisotopic (exact) mass is 226 g/mol. The van der Waals surface area contributed by atoms with Gasteiger partial charge in [-0.25, -0.2) is 0 Å². The minimum Gasteiger partial charge on any atom is -0.506 e. The van der Waals surface area contributed by atoms with Gasteiger partial charge in [0.1, 0.15) is 5.75 Å². The molecule has 0 aliphatic carbocycles. The number of pyridine rings is 1. The Balaban J connectivity index is 2.24. The van der Waals surface area contributed by atoms with E-state index in [0.29, 0.717) is 11.5 Å². The summed E-state index contributed by atoms with van der Waals surface area (Å²) in [7, 11) is 0. The van der Waals surface area contributed by atoms with E-state index in [0.717, 1.165) is 11.2 Å². The minimum atomic E-state index is 0.0718. The van der Waals surface area contributed by atoms with Crippen molar-refractivity contribution in [3.8, 4) is 17.1 Å². The molecule has 5 nitrogen and oxygen atoms in total. The van der Waals surface area contributed by atoms with Gasteiger partial charge < -0.3 is 10.8 Å². The quantitative estimate of drug-likeness (QED) is 0.489. The molecule has 17 heavy (non-hydrogen) atoms. The van der Waals surface area contributed by atoms with Crippen LogP contribution >= 0.6 is 0 Å². The van der Waals surface area contributed by atoms with Gasteiger partial charge in [-0.05, 0) is 30.3 Å². The van der Waals surface area contributed by atoms with Crippen LogP contribution in [0.2, 0.25) is 0 Å². The molecule has 84 valence electrons. The van der Waals surface area contributed by atoms with E-state index in [-0.39, 0.29) is 5.75 Å². The van der Waals surface area contributed by atoms with Gasteiger partial charge in [0.25, 0.3) is 0 Å². The molecular formula is C12H10N4O. The van der Waals surface area contributed by atoms with Gasteiger partial charge in [0.2, 0.25) is 0 Å². The van der Waals surface area contributed by atoms with Crippen molar-refractivity contribution in [2.45, 2.75) is 0 Å². The van der Waals surface area contributed by atoms with Crippen LogP contribution < -0.4 is 5.73 Å². The average molecular weight is 226 g/mol. The third-order valence-electron chi connectivity index (χ3n) is 2.60. The van der Waals surface area contributed by atoms with Crippen molar-refractivity contribution in [1.82, 2.24) is 14.6 Å². The molecule has 3 rings (SSSR count). The van der Waals surface area contributed by atoms with E-state index < -0.39 is 0 Å². The van der Waals surface area contributed by atoms with Crippen LogP contribution in [0.15, 0.2) is 42.6 Å². The minimum absolute atomic E-state index is 0.0718. The number of aromatic nitrogens is 3. The molecule has 0 saturated heterocycles. The number of hydrogen-bond acceptors (Lipinski definition) is 4. The second kappa shape index (κ2) is 3.48. The van der Waals surface area contributed by atoms with E-state index in [2.05, 4.69) is 10.2 Å². The summed E-state index contributed by atoms with van der Waals surface area (Å²) < 4.78 is 1.87. The molecule has 3 N–H and O–H groups in total. The Morgan fingerprint density at radius 1 is 1.12 bits per heavy atom. The summed E-state index contributed by atoms with van der Waals surface area (Å²) in [6.45, 7) is 0. The molecule has 3 aromatic rings. The van der Waals surface area contributed by atoms with Crippen LogP contribution in [0.3, 0.4) is 0 Å². The molecule has 0 spiro atoms. The summed E-state index contributed by atoms with van der Waals surface area (Å²) in [5.41, 5.74) is 7.58. The molecule has 0 bridgehead atoms. The number of aromatic hydroxyl groups is 1. The summed E-state index contributed by atoms with van der Waals surface area (Å²) >= 11 is 0. The number of fused-ring (bicyclic) bond motifs is 1. The van der Waals surface area contributed by atoms with E-state index in [1.165, 1.54) is 0 Å². The fourth-order valence-electron chi connectivity index (χ4n) is 1.73. The van der Waals surface area contributed by atoms with Crippen LogP contribution in [-0.2, 0) is 0 Å². The Morgan fingerprint density at radius 2 is 2.00 bits per heavy atom. The number of nitrogens with zero attached hydrogens (tertiary/aromatic N) is 3. The number of nitrogens with two attached hydrogens (primary N) is 1. The highest BCUT2D eigenvalue weighted by molar-refractivity contribution is 5.67. The molecule has 0 fully saturated rings. The number of rotatable bonds is 1. The highest BCUT2D eigenvalue weighted by atomic mass is 16.3. The van der Waals surface area contributed by atoms with Gasteiger partial charge in [0.15, 0.2) is 11.5 Å². The van der Waals surface area contributed by atoms with Crippen molar-refractivity contribution in [1.29, 1.82) is 0 Å². The van der Waals surface area contributed by atoms with Crippen molar-refractivity contribution in [2.24, 2.45) is 0 Å². The van der Waals surface area contributed by atoms with Crippen molar-refractivity contribution >= 4 is 11.3 Å². The summed E-state index contributed by atoms with van der Waals surface area (Å²) in [4.78, 5) is 0. The Morgan fingerprint density at radius 3 is 2.82 bits per heavy atom. The summed E-state index contributed by atoms with van der Waals surface area (Å²) in [5, 5.41) is 17.6. The highest BCUT2D eigenvalue weighted by Crippen LogP contribution is 2.26. The van der Waals surface area contributed by atoms with Gasteiger partial charge in [0, 0.05) is 11.8 Å². The Hall–Kier alpha value is -2.56. The molecule has 2 aromatic heterocycles. The summed E-state index contributed by atoms with van der Waals surface area (Å²) in [6, 6.07) is 10.7. The SMILES string of the molecule is Nc1cc(-c2nnc3ccccn23)ccc1O. The van der Waals surface area contributed by atoms with Crippen molar-refractivity contribution in [3.05, 3.63) is 42.6 Å². The van der Waals surface area contributed by atoms with Gasteiger partial charge in [0.05, 0.1) is 5.69 Å². The first-order chi connectivity index (χ1) is 8.25. The van der Waals surface area contributed by atoms with E-state index in [9.17, 15) is 5.11 Å². The fourth-order valence-corrected chi connectivity index (χ4v) is 1.73. The van der Waals surface area contributed by atoms with E-state index in [4.69, 9.17) is 5.73 Å². The Bertz CT molecular complexity index is 690. The first kappa shape index (κ1) is 9.65. The predicted octanol–water partition coefficient (Wildman–Crippen LogP) is 1.68. The lowest BCUT2D eigenvalue weighted by atomic mass is 10.2. The number of anilines is 1. The van der Waals surface area contributed by atoms with Crippen LogP contribution in [0.1, 0.15) is 0 Å². The molecule has 0 aliphatic heterocycles. The van der Waals surface area contributed by atoms with Gasteiger partial charge in [-0.2, -0.15) is 0 Å². The zero-order valence-corrected chi connectivity index (χ0v) is 8.91. The molecule has 2 heterocycles. The number of nitrogen functional groups attached to an aromatic ring is 1. The highest BCUT2D eigenvalue weighted by Gasteiger charge is 2.08. The molecule has 0 saturated carbocycles. The van der Waals surface area contributed by atoms with Crippen LogP contribution in [0, 0.1) is 0 Å². The van der Waals surface area contributed by atoms with Crippen LogP contribution in [0.4, 0.5) is 5.69 Å². The van der Waals surface area contributed by atoms with Gasteiger partial charge in [-0.1, -0.05) is 6.07 Å². The van der Waals surface area contributed by atoms with Crippen molar-refractivity contribution in [3.63, 3.8) is 0 Å². The number of phenols is 1. The smallest absolute Gasteiger partial charge is 0.168 e. The van der Waals surface area contributed by atoms with Gasteiger partial charge >= 0.3 is 0 Å². The van der Waals surface area contributed by atoms with Crippen LogP contribution in [0.5, 0.6) is 5.75 Å². The Kier molecular flexibility index (Phi) is 1.98. The molecule has 1 aromatic carbocycles. The van der Waals surface area contributed by atoms with E-state index >= 15 is 0 Å². The third kappa shape index (κ3) is 1.48. The molecule has 0 atom stereocenters. The second-order valence-electron chi connectivity index (χ2n) is 3.73. The topological polar surface area (TPSA) is 76.4 Å². The van der Waals surface area contributed by atoms with Crippen LogP contribution in [-0.4, -0.2) is 19.7 Å². The Labute approximate surface area is 97.1 Å². The van der Waals surface area contributed by atoms with Crippen LogP contribution in [0.25, 0.3) is 17.0 Å². The van der Waals surface area contributed by atoms with Crippen molar-refractivity contribution in [2.75, 3.05) is 5.73 Å². The maximum Gasteiger partial charge on any atom is 0.168 e. The maximum absolute atomic E-state index is 9.39. The zero-order valence-electron chi connectivity index (χ0n) is 8.91. The summed E-state index contributed by atoms with van der Waals surface area (Å²) in [6.07, 6.45) is 1.88. The molecule has 0 amide bonds. The van der Waals surface area contributed by atoms with Gasteiger partial charge in [-0.15, -0.1) is 10.2 Å². The normalized spacial score (nSPS) is 10.8. The molecule has 0 aliphatic rings. The summed E-state index contributed by atoms with van der Waals surface area (Å²) in [5.74, 6) is 0.773. The van der Waals surface area contributed by atoms with E-state index in [1.807, 2.05) is 28.8 Å². The zero-order chi connectivity index (χ0) is 11.8. The lowest BCUT2D eigenvalue weighted by molar-refractivity contribution is 0.478. The second-order valence-corrected chi connectivity index (χ2v) is 3.73. The van der Waals surface area contributed by atoms with Crippen molar-refractivity contribution < 1.29 is 5.11 Å². The largest absolute Gasteiger partial charge is 0.506 e. The lowest BCUT2D eigenvalue weighted by Gasteiger charge is -2.02. The molecule has 0 unspecified atom stereocenters. The fraction of sp³-hybridized carbons (Fsp3) is 0. The number of hydrogen-bond donors (Lipinski definition) is 2. The standard InChI is InChI=1S/C12H10N4O/c13-9-7-8(4-5-10(9)17)12-15-14-11-3-1-2-6-16(11)12/h1-7,17H,13H2. The van der Waals surface area contributed by atoms with Gasteiger partial charge in [-0.3, -0.25) is 4.40 Å². The first-order valence-corrected chi connectivity index (χ1v) is 5.14. The number of phenolic OH excluding ortho intramolecular Hbond substituents is 1. The predicted molar refractivity (Wildman–Crippen MR) is 64.5 cm³/mol. The average Bonchev–Trinajstić information content (AvgIpc) is 2.76. The van der Waals surface area contributed by atoms with E-state index in [1.54, 1.807) is 18.2 Å². The molecule has 0 radical (unpaired) electrons.